The molecule has 0 spiro atoms. The Morgan fingerprint density at radius 3 is 2.25 bits per heavy atom. The summed E-state index contributed by atoms with van der Waals surface area (Å²) in [5.74, 6) is -0.211. The third kappa shape index (κ3) is 1.84. The molecule has 3 amide bonds. The third-order valence-electron chi connectivity index (χ3n) is 2.81. The molecule has 1 aromatic rings. The summed E-state index contributed by atoms with van der Waals surface area (Å²) in [6.07, 6.45) is 1.59. The van der Waals surface area contributed by atoms with E-state index in [0.29, 0.717) is 0 Å². The van der Waals surface area contributed by atoms with Crippen molar-refractivity contribution in [3.63, 3.8) is 0 Å². The summed E-state index contributed by atoms with van der Waals surface area (Å²) in [4.78, 5) is 22.3. The summed E-state index contributed by atoms with van der Waals surface area (Å²) >= 11 is 0. The van der Waals surface area contributed by atoms with Crippen LogP contribution in [-0.2, 0) is 10.2 Å². The molecule has 0 unspecified atom stereocenters. The third-order valence-corrected chi connectivity index (χ3v) is 2.81. The molecule has 1 fully saturated rings. The summed E-state index contributed by atoms with van der Waals surface area (Å²) in [6.45, 7) is 0. The van der Waals surface area contributed by atoms with Crippen LogP contribution in [0.1, 0.15) is 18.4 Å². The highest BCUT2D eigenvalue weighted by atomic mass is 16.2. The van der Waals surface area contributed by atoms with Crippen molar-refractivity contribution < 1.29 is 9.59 Å². The van der Waals surface area contributed by atoms with Crippen molar-refractivity contribution in [1.82, 2.24) is 10.9 Å². The number of hydrogen-bond acceptors (Lipinski definition) is 2. The Kier molecular flexibility index (Phi) is 2.52. The lowest BCUT2D eigenvalue weighted by Crippen LogP contribution is -2.48. The van der Waals surface area contributed by atoms with Crippen LogP contribution in [0.2, 0.25) is 0 Å². The van der Waals surface area contributed by atoms with Gasteiger partial charge in [0.25, 0.3) is 0 Å². The van der Waals surface area contributed by atoms with Crippen LogP contribution in [0.5, 0.6) is 0 Å². The van der Waals surface area contributed by atoms with E-state index in [0.717, 1.165) is 18.4 Å². The Balaban J connectivity index is 2.09. The number of carbonyl (C=O) groups excluding carboxylic acids is 2. The van der Waals surface area contributed by atoms with E-state index in [9.17, 15) is 9.59 Å². The molecule has 4 N–H and O–H groups in total. The second-order valence-corrected chi connectivity index (χ2v) is 3.89. The maximum atomic E-state index is 11.9. The van der Waals surface area contributed by atoms with Crippen LogP contribution < -0.4 is 16.6 Å². The van der Waals surface area contributed by atoms with E-state index in [1.165, 1.54) is 0 Å². The first-order valence-electron chi connectivity index (χ1n) is 5.06. The zero-order chi connectivity index (χ0) is 11.6. The maximum Gasteiger partial charge on any atom is 0.330 e. The van der Waals surface area contributed by atoms with Crippen LogP contribution in [-0.4, -0.2) is 11.9 Å². The minimum atomic E-state index is -0.766. The largest absolute Gasteiger partial charge is 0.350 e. The topological polar surface area (TPSA) is 84.2 Å². The van der Waals surface area contributed by atoms with E-state index in [1.807, 2.05) is 30.3 Å². The normalized spacial score (nSPS) is 16.2. The molecule has 1 aliphatic rings. The summed E-state index contributed by atoms with van der Waals surface area (Å²) in [7, 11) is 0. The van der Waals surface area contributed by atoms with Gasteiger partial charge in [-0.25, -0.2) is 10.2 Å². The van der Waals surface area contributed by atoms with Crippen molar-refractivity contribution in [2.75, 3.05) is 0 Å². The van der Waals surface area contributed by atoms with Gasteiger partial charge in [-0.3, -0.25) is 10.2 Å². The zero-order valence-electron chi connectivity index (χ0n) is 8.69. The summed E-state index contributed by atoms with van der Waals surface area (Å²) < 4.78 is 0. The van der Waals surface area contributed by atoms with Gasteiger partial charge >= 0.3 is 6.03 Å². The van der Waals surface area contributed by atoms with Gasteiger partial charge in [0, 0.05) is 0 Å². The van der Waals surface area contributed by atoms with Crippen molar-refractivity contribution in [2.24, 2.45) is 5.73 Å². The molecule has 0 bridgehead atoms. The number of nitrogens with two attached hydrogens (primary N) is 1. The molecule has 5 heteroatoms. The van der Waals surface area contributed by atoms with Crippen LogP contribution in [0.4, 0.5) is 4.79 Å². The van der Waals surface area contributed by atoms with Crippen LogP contribution in [0.25, 0.3) is 0 Å². The molecule has 1 aromatic carbocycles. The lowest BCUT2D eigenvalue weighted by molar-refractivity contribution is -0.124. The Labute approximate surface area is 93.0 Å². The molecule has 0 heterocycles. The van der Waals surface area contributed by atoms with E-state index in [4.69, 9.17) is 5.73 Å². The highest BCUT2D eigenvalue weighted by molar-refractivity contribution is 5.92. The van der Waals surface area contributed by atoms with Gasteiger partial charge in [0.1, 0.15) is 0 Å². The van der Waals surface area contributed by atoms with Gasteiger partial charge in [-0.2, -0.15) is 0 Å². The van der Waals surface area contributed by atoms with Crippen LogP contribution in [0.3, 0.4) is 0 Å². The van der Waals surface area contributed by atoms with Crippen molar-refractivity contribution in [2.45, 2.75) is 18.3 Å². The molecule has 0 radical (unpaired) electrons. The lowest BCUT2D eigenvalue weighted by atomic mass is 9.95. The number of carbonyl (C=O) groups is 2. The van der Waals surface area contributed by atoms with E-state index in [2.05, 4.69) is 10.9 Å². The predicted octanol–water partition coefficient (Wildman–Crippen LogP) is 0.418. The van der Waals surface area contributed by atoms with E-state index >= 15 is 0 Å². The van der Waals surface area contributed by atoms with Crippen molar-refractivity contribution >= 4 is 11.9 Å². The smallest absolute Gasteiger partial charge is 0.330 e. The summed E-state index contributed by atoms with van der Waals surface area (Å²) in [5, 5.41) is 0. The van der Waals surface area contributed by atoms with Gasteiger partial charge in [-0.1, -0.05) is 30.3 Å². The predicted molar refractivity (Wildman–Crippen MR) is 58.2 cm³/mol. The minimum Gasteiger partial charge on any atom is -0.350 e. The van der Waals surface area contributed by atoms with E-state index in [1.54, 1.807) is 0 Å². The van der Waals surface area contributed by atoms with Crippen LogP contribution in [0.15, 0.2) is 30.3 Å². The van der Waals surface area contributed by atoms with Gasteiger partial charge in [0.05, 0.1) is 5.41 Å². The first-order chi connectivity index (χ1) is 7.65. The molecule has 0 aliphatic heterocycles. The van der Waals surface area contributed by atoms with Crippen LogP contribution >= 0.6 is 0 Å². The van der Waals surface area contributed by atoms with Gasteiger partial charge < -0.3 is 5.73 Å². The molecule has 5 nitrogen and oxygen atoms in total. The Bertz CT molecular complexity index is 412. The Morgan fingerprint density at radius 2 is 1.75 bits per heavy atom. The fourth-order valence-corrected chi connectivity index (χ4v) is 1.77. The van der Waals surface area contributed by atoms with Crippen molar-refractivity contribution in [1.29, 1.82) is 0 Å². The first-order valence-corrected chi connectivity index (χ1v) is 5.06. The molecule has 1 saturated carbocycles. The number of hydrogen-bond donors (Lipinski definition) is 3. The number of amides is 3. The van der Waals surface area contributed by atoms with E-state index < -0.39 is 11.4 Å². The molecule has 16 heavy (non-hydrogen) atoms. The lowest BCUT2D eigenvalue weighted by Gasteiger charge is -2.15. The average Bonchev–Trinajstić information content (AvgIpc) is 3.08. The second kappa shape index (κ2) is 3.84. The number of nitrogens with one attached hydrogen (secondary N) is 2. The summed E-state index contributed by atoms with van der Waals surface area (Å²) in [6, 6.07) is 8.75. The zero-order valence-corrected chi connectivity index (χ0v) is 8.69. The van der Waals surface area contributed by atoms with Crippen molar-refractivity contribution in [3.8, 4) is 0 Å². The number of urea groups is 1. The SMILES string of the molecule is NC(=O)NNC(=O)C1(c2ccccc2)CC1. The standard InChI is InChI=1S/C11H13N3O2/c12-10(16)14-13-9(15)11(6-7-11)8-4-2-1-3-5-8/h1-5H,6-7H2,(H,13,15)(H3,12,14,16). The molecular formula is C11H13N3O2. The Morgan fingerprint density at radius 1 is 1.12 bits per heavy atom. The van der Waals surface area contributed by atoms with E-state index in [-0.39, 0.29) is 5.91 Å². The molecular weight excluding hydrogens is 206 g/mol. The summed E-state index contributed by atoms with van der Waals surface area (Å²) in [5.41, 5.74) is 9.79. The number of hydrazine groups is 1. The first kappa shape index (κ1) is 10.5. The number of benzene rings is 1. The Hall–Kier alpha value is -2.04. The average molecular weight is 219 g/mol. The molecule has 0 atom stereocenters. The fraction of sp³-hybridized carbons (Fsp3) is 0.273. The van der Waals surface area contributed by atoms with Gasteiger partial charge in [-0.15, -0.1) is 0 Å². The van der Waals surface area contributed by atoms with Crippen molar-refractivity contribution in [3.05, 3.63) is 35.9 Å². The number of rotatable bonds is 2. The fourth-order valence-electron chi connectivity index (χ4n) is 1.77. The minimum absolute atomic E-state index is 0.211. The van der Waals surface area contributed by atoms with Gasteiger partial charge in [0.15, 0.2) is 0 Å². The highest BCUT2D eigenvalue weighted by Gasteiger charge is 2.51. The second-order valence-electron chi connectivity index (χ2n) is 3.89. The molecule has 0 aromatic heterocycles. The van der Waals surface area contributed by atoms with Gasteiger partial charge in [-0.05, 0) is 18.4 Å². The quantitative estimate of drug-likeness (QED) is 0.630. The highest BCUT2D eigenvalue weighted by Crippen LogP contribution is 2.48. The van der Waals surface area contributed by atoms with Gasteiger partial charge in [0.2, 0.25) is 5.91 Å². The molecule has 2 rings (SSSR count). The molecule has 0 saturated heterocycles. The monoisotopic (exact) mass is 219 g/mol. The molecule has 1 aliphatic carbocycles. The van der Waals surface area contributed by atoms with Crippen LogP contribution in [0, 0.1) is 0 Å². The number of primary amides is 1. The molecule has 84 valence electrons. The maximum absolute atomic E-state index is 11.9.